The van der Waals surface area contributed by atoms with Crippen LogP contribution in [-0.2, 0) is 0 Å². The number of rotatable bonds is 5. The first-order chi connectivity index (χ1) is 14.5. The first-order valence-corrected chi connectivity index (χ1v) is 10.5. The van der Waals surface area contributed by atoms with E-state index in [0.29, 0.717) is 20.9 Å². The van der Waals surface area contributed by atoms with Gasteiger partial charge in [0.2, 0.25) is 0 Å². The molecular formula is C22H14Cl2FN3OS. The van der Waals surface area contributed by atoms with Crippen molar-refractivity contribution >= 4 is 57.0 Å². The van der Waals surface area contributed by atoms with Gasteiger partial charge in [0, 0.05) is 22.3 Å². The summed E-state index contributed by atoms with van der Waals surface area (Å²) < 4.78 is 13.7. The molecule has 0 aliphatic carbocycles. The van der Waals surface area contributed by atoms with Crippen molar-refractivity contribution in [3.63, 3.8) is 0 Å². The normalized spacial score (nSPS) is 10.6. The van der Waals surface area contributed by atoms with Gasteiger partial charge in [-0.05, 0) is 42.5 Å². The standard InChI is InChI=1S/C22H14Cl2FN3OS/c23-17-10-9-15(11-18(17)24)27-22-28-20(12-30-22)13-5-7-14(8-6-13)26-21(29)16-3-1-2-4-19(16)25/h1-12H,(H,26,29)(H,27,28). The predicted octanol–water partition coefficient (Wildman–Crippen LogP) is 7.25. The number of benzene rings is 3. The predicted molar refractivity (Wildman–Crippen MR) is 122 cm³/mol. The van der Waals surface area contributed by atoms with Crippen molar-refractivity contribution in [2.24, 2.45) is 0 Å². The van der Waals surface area contributed by atoms with Crippen molar-refractivity contribution in [2.45, 2.75) is 0 Å². The molecule has 0 saturated carbocycles. The fourth-order valence-electron chi connectivity index (χ4n) is 2.73. The molecule has 4 rings (SSSR count). The molecule has 2 N–H and O–H groups in total. The molecule has 150 valence electrons. The summed E-state index contributed by atoms with van der Waals surface area (Å²) in [6.45, 7) is 0. The minimum absolute atomic E-state index is 0.000836. The average molecular weight is 458 g/mol. The zero-order chi connectivity index (χ0) is 21.1. The van der Waals surface area contributed by atoms with Crippen LogP contribution in [0.25, 0.3) is 11.3 Å². The smallest absolute Gasteiger partial charge is 0.258 e. The Labute approximate surface area is 186 Å². The highest BCUT2D eigenvalue weighted by Crippen LogP contribution is 2.30. The summed E-state index contributed by atoms with van der Waals surface area (Å²) in [6.07, 6.45) is 0. The Bertz CT molecular complexity index is 1210. The fraction of sp³-hybridized carbons (Fsp3) is 0. The molecule has 1 heterocycles. The van der Waals surface area contributed by atoms with Crippen LogP contribution < -0.4 is 10.6 Å². The van der Waals surface area contributed by atoms with E-state index in [-0.39, 0.29) is 5.56 Å². The van der Waals surface area contributed by atoms with Crippen LogP contribution in [0.3, 0.4) is 0 Å². The van der Waals surface area contributed by atoms with Gasteiger partial charge in [0.25, 0.3) is 5.91 Å². The van der Waals surface area contributed by atoms with Gasteiger partial charge in [-0.1, -0.05) is 47.5 Å². The third kappa shape index (κ3) is 4.62. The van der Waals surface area contributed by atoms with Crippen molar-refractivity contribution < 1.29 is 9.18 Å². The number of amides is 1. The van der Waals surface area contributed by atoms with Crippen LogP contribution in [0.1, 0.15) is 10.4 Å². The van der Waals surface area contributed by atoms with Crippen LogP contribution in [0.4, 0.5) is 20.9 Å². The van der Waals surface area contributed by atoms with Crippen LogP contribution in [0.5, 0.6) is 0 Å². The number of thiazole rings is 1. The molecule has 0 atom stereocenters. The van der Waals surface area contributed by atoms with Crippen LogP contribution in [0.15, 0.2) is 72.1 Å². The van der Waals surface area contributed by atoms with E-state index in [1.807, 2.05) is 23.6 Å². The molecule has 8 heteroatoms. The van der Waals surface area contributed by atoms with Gasteiger partial charge in [-0.25, -0.2) is 9.37 Å². The Morgan fingerprint density at radius 2 is 1.67 bits per heavy atom. The van der Waals surface area contributed by atoms with E-state index in [4.69, 9.17) is 23.2 Å². The summed E-state index contributed by atoms with van der Waals surface area (Å²) in [5.74, 6) is -1.06. The van der Waals surface area contributed by atoms with E-state index in [0.717, 1.165) is 16.9 Å². The molecular weight excluding hydrogens is 444 g/mol. The second-order valence-corrected chi connectivity index (χ2v) is 7.98. The topological polar surface area (TPSA) is 54.0 Å². The number of nitrogens with zero attached hydrogens (tertiary/aromatic N) is 1. The molecule has 0 aliphatic heterocycles. The first-order valence-electron chi connectivity index (χ1n) is 8.83. The van der Waals surface area contributed by atoms with Crippen molar-refractivity contribution in [1.29, 1.82) is 0 Å². The Hall–Kier alpha value is -2.93. The van der Waals surface area contributed by atoms with Gasteiger partial charge in [-0.3, -0.25) is 4.79 Å². The maximum atomic E-state index is 13.7. The molecule has 0 spiro atoms. The molecule has 4 nitrogen and oxygen atoms in total. The summed E-state index contributed by atoms with van der Waals surface area (Å²) in [5.41, 5.74) is 3.03. The van der Waals surface area contributed by atoms with E-state index in [2.05, 4.69) is 15.6 Å². The monoisotopic (exact) mass is 457 g/mol. The lowest BCUT2D eigenvalue weighted by atomic mass is 10.1. The summed E-state index contributed by atoms with van der Waals surface area (Å²) in [7, 11) is 0. The number of hydrogen-bond acceptors (Lipinski definition) is 4. The highest BCUT2D eigenvalue weighted by Gasteiger charge is 2.11. The van der Waals surface area contributed by atoms with Gasteiger partial charge in [-0.15, -0.1) is 11.3 Å². The summed E-state index contributed by atoms with van der Waals surface area (Å²) in [5, 5.41) is 9.47. The number of aromatic nitrogens is 1. The third-order valence-corrected chi connectivity index (χ3v) is 5.73. The first kappa shape index (κ1) is 20.3. The lowest BCUT2D eigenvalue weighted by Crippen LogP contribution is -2.13. The third-order valence-electron chi connectivity index (χ3n) is 4.23. The number of halogens is 3. The van der Waals surface area contributed by atoms with Crippen molar-refractivity contribution in [1.82, 2.24) is 4.98 Å². The van der Waals surface area contributed by atoms with Gasteiger partial charge in [0.15, 0.2) is 5.13 Å². The molecule has 3 aromatic carbocycles. The lowest BCUT2D eigenvalue weighted by molar-refractivity contribution is 0.102. The van der Waals surface area contributed by atoms with Gasteiger partial charge in [0.05, 0.1) is 21.3 Å². The maximum Gasteiger partial charge on any atom is 0.258 e. The lowest BCUT2D eigenvalue weighted by Gasteiger charge is -2.07. The van der Waals surface area contributed by atoms with E-state index in [1.54, 1.807) is 36.4 Å². The largest absolute Gasteiger partial charge is 0.331 e. The summed E-state index contributed by atoms with van der Waals surface area (Å²) >= 11 is 13.4. The zero-order valence-corrected chi connectivity index (χ0v) is 17.7. The maximum absolute atomic E-state index is 13.7. The SMILES string of the molecule is O=C(Nc1ccc(-c2csc(Nc3ccc(Cl)c(Cl)c3)n2)cc1)c1ccccc1F. The average Bonchev–Trinajstić information content (AvgIpc) is 3.20. The number of hydrogen-bond donors (Lipinski definition) is 2. The van der Waals surface area contributed by atoms with Crippen molar-refractivity contribution in [3.8, 4) is 11.3 Å². The number of carbonyl (C=O) groups is 1. The molecule has 0 saturated heterocycles. The Kier molecular flexibility index (Phi) is 5.99. The van der Waals surface area contributed by atoms with Crippen molar-refractivity contribution in [2.75, 3.05) is 10.6 Å². The number of carbonyl (C=O) groups excluding carboxylic acids is 1. The minimum Gasteiger partial charge on any atom is -0.331 e. The summed E-state index contributed by atoms with van der Waals surface area (Å²) in [6, 6.07) is 18.3. The number of nitrogens with one attached hydrogen (secondary N) is 2. The summed E-state index contributed by atoms with van der Waals surface area (Å²) in [4.78, 5) is 16.8. The van der Waals surface area contributed by atoms with Gasteiger partial charge >= 0.3 is 0 Å². The Morgan fingerprint density at radius 1 is 0.933 bits per heavy atom. The second kappa shape index (κ2) is 8.83. The fourth-order valence-corrected chi connectivity index (χ4v) is 3.77. The molecule has 30 heavy (non-hydrogen) atoms. The zero-order valence-electron chi connectivity index (χ0n) is 15.3. The molecule has 1 aromatic heterocycles. The van der Waals surface area contributed by atoms with Crippen molar-refractivity contribution in [3.05, 3.63) is 93.5 Å². The van der Waals surface area contributed by atoms with Gasteiger partial charge in [-0.2, -0.15) is 0 Å². The van der Waals surface area contributed by atoms with E-state index >= 15 is 0 Å². The van der Waals surface area contributed by atoms with Crippen LogP contribution >= 0.6 is 34.5 Å². The van der Waals surface area contributed by atoms with E-state index < -0.39 is 11.7 Å². The van der Waals surface area contributed by atoms with Crippen LogP contribution in [0.2, 0.25) is 10.0 Å². The molecule has 1 amide bonds. The minimum atomic E-state index is -0.559. The molecule has 0 radical (unpaired) electrons. The Morgan fingerprint density at radius 3 is 2.40 bits per heavy atom. The molecule has 0 fully saturated rings. The molecule has 4 aromatic rings. The Balaban J connectivity index is 1.45. The molecule has 0 unspecified atom stereocenters. The van der Waals surface area contributed by atoms with Gasteiger partial charge < -0.3 is 10.6 Å². The van der Waals surface area contributed by atoms with Crippen LogP contribution in [0, 0.1) is 5.82 Å². The quantitative estimate of drug-likeness (QED) is 0.331. The highest BCUT2D eigenvalue weighted by molar-refractivity contribution is 7.14. The van der Waals surface area contributed by atoms with E-state index in [1.165, 1.54) is 23.5 Å². The highest BCUT2D eigenvalue weighted by atomic mass is 35.5. The molecule has 0 aliphatic rings. The second-order valence-electron chi connectivity index (χ2n) is 6.30. The van der Waals surface area contributed by atoms with E-state index in [9.17, 15) is 9.18 Å². The van der Waals surface area contributed by atoms with Crippen LogP contribution in [-0.4, -0.2) is 10.9 Å². The van der Waals surface area contributed by atoms with Gasteiger partial charge in [0.1, 0.15) is 5.82 Å². The molecule has 0 bridgehead atoms. The number of anilines is 3.